The van der Waals surface area contributed by atoms with Crippen molar-refractivity contribution in [1.29, 1.82) is 0 Å². The van der Waals surface area contributed by atoms with Crippen LogP contribution in [0.25, 0.3) is 0 Å². The number of benzene rings is 2. The highest BCUT2D eigenvalue weighted by atomic mass is 16.2. The monoisotopic (exact) mass is 359 g/mol. The molecule has 0 bridgehead atoms. The first kappa shape index (κ1) is 17.7. The zero-order valence-electron chi connectivity index (χ0n) is 16.1. The van der Waals surface area contributed by atoms with E-state index in [9.17, 15) is 9.59 Å². The Morgan fingerprint density at radius 1 is 1.04 bits per heavy atom. The van der Waals surface area contributed by atoms with Crippen LogP contribution in [0.1, 0.15) is 43.1 Å². The van der Waals surface area contributed by atoms with Crippen LogP contribution in [0.5, 0.6) is 0 Å². The molecule has 2 aromatic rings. The molecule has 0 spiro atoms. The van der Waals surface area contributed by atoms with E-state index in [1.807, 2.05) is 67.6 Å². The van der Waals surface area contributed by atoms with Crippen LogP contribution in [-0.4, -0.2) is 16.6 Å². The third kappa shape index (κ3) is 3.01. The van der Waals surface area contributed by atoms with Gasteiger partial charge in [-0.05, 0) is 41.9 Å². The molecule has 2 aliphatic rings. The maximum absolute atomic E-state index is 13.3. The highest BCUT2D eigenvalue weighted by molar-refractivity contribution is 6.03. The van der Waals surface area contributed by atoms with Gasteiger partial charge in [-0.25, -0.2) is 0 Å². The maximum atomic E-state index is 13.3. The van der Waals surface area contributed by atoms with Crippen LogP contribution in [0.3, 0.4) is 0 Å². The van der Waals surface area contributed by atoms with Gasteiger partial charge in [0.15, 0.2) is 5.78 Å². The summed E-state index contributed by atoms with van der Waals surface area (Å²) < 4.78 is 0. The van der Waals surface area contributed by atoms with Crippen molar-refractivity contribution in [2.24, 2.45) is 17.3 Å². The minimum atomic E-state index is -0.0563. The molecule has 0 N–H and O–H groups in total. The van der Waals surface area contributed by atoms with E-state index in [1.165, 1.54) is 0 Å². The van der Waals surface area contributed by atoms with E-state index in [0.717, 1.165) is 16.8 Å². The van der Waals surface area contributed by atoms with Gasteiger partial charge in [-0.2, -0.15) is 0 Å². The standard InChI is InChI=1S/C24H25NO2/c1-16(21-20(26)14-19-22(21)24(19,2)3)25(15-17-10-6-4-7-11-17)23(27)18-12-8-5-9-13-18/h4-13,19,22H,14-15H2,1-3H3/b21-16+/t19-,22-/m1/s1. The lowest BCUT2D eigenvalue weighted by atomic mass is 9.94. The summed E-state index contributed by atoms with van der Waals surface area (Å²) in [7, 11) is 0. The van der Waals surface area contributed by atoms with Crippen molar-refractivity contribution >= 4 is 11.7 Å². The second-order valence-corrected chi connectivity index (χ2v) is 8.27. The Kier molecular flexibility index (Phi) is 4.26. The van der Waals surface area contributed by atoms with Crippen molar-refractivity contribution in [3.63, 3.8) is 0 Å². The Balaban J connectivity index is 1.75. The molecule has 27 heavy (non-hydrogen) atoms. The minimum absolute atomic E-state index is 0.0563. The van der Waals surface area contributed by atoms with Crippen LogP contribution < -0.4 is 0 Å². The number of rotatable bonds is 4. The Labute approximate surface area is 160 Å². The van der Waals surface area contributed by atoms with Gasteiger partial charge in [0.25, 0.3) is 5.91 Å². The molecule has 0 saturated heterocycles. The molecule has 1 amide bonds. The van der Waals surface area contributed by atoms with E-state index >= 15 is 0 Å². The number of hydrogen-bond donors (Lipinski definition) is 0. The van der Waals surface area contributed by atoms with Crippen LogP contribution in [0, 0.1) is 17.3 Å². The third-order valence-electron chi connectivity index (χ3n) is 6.31. The minimum Gasteiger partial charge on any atom is -0.308 e. The molecule has 0 aliphatic heterocycles. The fourth-order valence-electron chi connectivity index (χ4n) is 4.60. The van der Waals surface area contributed by atoms with Gasteiger partial charge in [-0.3, -0.25) is 9.59 Å². The first-order valence-electron chi connectivity index (χ1n) is 9.56. The highest BCUT2D eigenvalue weighted by Crippen LogP contribution is 2.68. The molecule has 2 saturated carbocycles. The Bertz CT molecular complexity index is 912. The second-order valence-electron chi connectivity index (χ2n) is 8.27. The number of fused-ring (bicyclic) bond motifs is 1. The van der Waals surface area contributed by atoms with E-state index in [0.29, 0.717) is 24.4 Å². The zero-order chi connectivity index (χ0) is 19.2. The number of allylic oxidation sites excluding steroid dienone is 2. The Morgan fingerprint density at radius 2 is 1.63 bits per heavy atom. The van der Waals surface area contributed by atoms with Crippen molar-refractivity contribution in [1.82, 2.24) is 4.90 Å². The predicted octanol–water partition coefficient (Wildman–Crippen LogP) is 4.85. The summed E-state index contributed by atoms with van der Waals surface area (Å²) in [5, 5.41) is 0. The average Bonchev–Trinajstić information content (AvgIpc) is 3.02. The van der Waals surface area contributed by atoms with Gasteiger partial charge in [-0.15, -0.1) is 0 Å². The highest BCUT2D eigenvalue weighted by Gasteiger charge is 2.65. The number of hydrogen-bond acceptors (Lipinski definition) is 2. The van der Waals surface area contributed by atoms with E-state index in [-0.39, 0.29) is 23.0 Å². The molecule has 3 heteroatoms. The van der Waals surface area contributed by atoms with E-state index in [1.54, 1.807) is 4.90 Å². The van der Waals surface area contributed by atoms with Crippen molar-refractivity contribution in [3.8, 4) is 0 Å². The summed E-state index contributed by atoms with van der Waals surface area (Å²) in [6.07, 6.45) is 0.614. The van der Waals surface area contributed by atoms with Gasteiger partial charge in [0, 0.05) is 23.3 Å². The van der Waals surface area contributed by atoms with Crippen LogP contribution in [0.15, 0.2) is 71.9 Å². The lowest BCUT2D eigenvalue weighted by Gasteiger charge is -2.26. The predicted molar refractivity (Wildman–Crippen MR) is 106 cm³/mol. The SMILES string of the molecule is C/C(=C1/C(=O)C[C@@H]2[C@H]1C2(C)C)N(Cc1ccccc1)C(=O)c1ccccc1. The van der Waals surface area contributed by atoms with Crippen LogP contribution in [0.4, 0.5) is 0 Å². The molecule has 2 atom stereocenters. The zero-order valence-corrected chi connectivity index (χ0v) is 16.1. The van der Waals surface area contributed by atoms with Gasteiger partial charge in [0.05, 0.1) is 6.54 Å². The number of Topliss-reactive ketones (excluding diaryl/α,β-unsaturated/α-hetero) is 1. The van der Waals surface area contributed by atoms with Gasteiger partial charge < -0.3 is 4.90 Å². The summed E-state index contributed by atoms with van der Waals surface area (Å²) in [4.78, 5) is 27.8. The van der Waals surface area contributed by atoms with Crippen LogP contribution in [-0.2, 0) is 11.3 Å². The smallest absolute Gasteiger partial charge is 0.258 e. The number of nitrogens with zero attached hydrogens (tertiary/aromatic N) is 1. The van der Waals surface area contributed by atoms with Crippen molar-refractivity contribution in [3.05, 3.63) is 83.1 Å². The third-order valence-corrected chi connectivity index (χ3v) is 6.31. The number of carbonyl (C=O) groups excluding carboxylic acids is 2. The largest absolute Gasteiger partial charge is 0.308 e. The van der Waals surface area contributed by atoms with E-state index in [4.69, 9.17) is 0 Å². The lowest BCUT2D eigenvalue weighted by Crippen LogP contribution is -2.31. The first-order chi connectivity index (χ1) is 12.9. The van der Waals surface area contributed by atoms with Crippen molar-refractivity contribution in [2.75, 3.05) is 0 Å². The summed E-state index contributed by atoms with van der Waals surface area (Å²) in [6.45, 7) is 6.86. The summed E-state index contributed by atoms with van der Waals surface area (Å²) in [6, 6.07) is 19.3. The Morgan fingerprint density at radius 3 is 2.22 bits per heavy atom. The van der Waals surface area contributed by atoms with Gasteiger partial charge in [0.2, 0.25) is 0 Å². The van der Waals surface area contributed by atoms with Crippen molar-refractivity contribution in [2.45, 2.75) is 33.7 Å². The maximum Gasteiger partial charge on any atom is 0.258 e. The van der Waals surface area contributed by atoms with Crippen LogP contribution >= 0.6 is 0 Å². The van der Waals surface area contributed by atoms with Crippen LogP contribution in [0.2, 0.25) is 0 Å². The van der Waals surface area contributed by atoms with E-state index < -0.39 is 0 Å². The number of carbonyl (C=O) groups is 2. The summed E-state index contributed by atoms with van der Waals surface area (Å²) in [5.74, 6) is 0.868. The molecule has 2 fully saturated rings. The number of amides is 1. The molecule has 2 aliphatic carbocycles. The molecule has 4 rings (SSSR count). The fraction of sp³-hybridized carbons (Fsp3) is 0.333. The molecular weight excluding hydrogens is 334 g/mol. The average molecular weight is 359 g/mol. The summed E-state index contributed by atoms with van der Waals surface area (Å²) >= 11 is 0. The second kappa shape index (κ2) is 6.49. The fourth-order valence-corrected chi connectivity index (χ4v) is 4.60. The quantitative estimate of drug-likeness (QED) is 0.732. The van der Waals surface area contributed by atoms with Crippen molar-refractivity contribution < 1.29 is 9.59 Å². The molecular formula is C24H25NO2. The molecule has 0 aromatic heterocycles. The normalized spacial score (nSPS) is 24.3. The lowest BCUT2D eigenvalue weighted by molar-refractivity contribution is -0.115. The van der Waals surface area contributed by atoms with E-state index in [2.05, 4.69) is 13.8 Å². The number of ketones is 1. The molecule has 138 valence electrons. The van der Waals surface area contributed by atoms with Gasteiger partial charge in [0.1, 0.15) is 0 Å². The first-order valence-corrected chi connectivity index (χ1v) is 9.56. The van der Waals surface area contributed by atoms with Gasteiger partial charge in [-0.1, -0.05) is 62.4 Å². The Hall–Kier alpha value is -2.68. The molecule has 2 aromatic carbocycles. The topological polar surface area (TPSA) is 37.4 Å². The molecule has 0 unspecified atom stereocenters. The summed E-state index contributed by atoms with van der Waals surface area (Å²) in [5.41, 5.74) is 3.55. The molecule has 3 nitrogen and oxygen atoms in total. The van der Waals surface area contributed by atoms with Gasteiger partial charge >= 0.3 is 0 Å². The molecule has 0 radical (unpaired) electrons. The molecule has 0 heterocycles.